The molecule has 2 aliphatic rings. The lowest BCUT2D eigenvalue weighted by molar-refractivity contribution is -0.124. The summed E-state index contributed by atoms with van der Waals surface area (Å²) >= 11 is 1.17. The van der Waals surface area contributed by atoms with Crippen LogP contribution in [0.2, 0.25) is 0 Å². The van der Waals surface area contributed by atoms with Gasteiger partial charge in [0.05, 0.1) is 23.3 Å². The van der Waals surface area contributed by atoms with Gasteiger partial charge < -0.3 is 14.7 Å². The van der Waals surface area contributed by atoms with Crippen LogP contribution in [0.25, 0.3) is 0 Å². The number of hydrogen-bond donors (Lipinski definition) is 1. The zero-order valence-electron chi connectivity index (χ0n) is 21.1. The number of carboxylic acids is 1. The van der Waals surface area contributed by atoms with Crippen LogP contribution in [0.1, 0.15) is 93.6 Å². The predicted molar refractivity (Wildman–Crippen MR) is 138 cm³/mol. The van der Waals surface area contributed by atoms with Crippen molar-refractivity contribution in [2.45, 2.75) is 91.2 Å². The highest BCUT2D eigenvalue weighted by atomic mass is 32.1. The van der Waals surface area contributed by atoms with Gasteiger partial charge in [0, 0.05) is 17.4 Å². The number of aromatic carboxylic acids is 1. The van der Waals surface area contributed by atoms with E-state index in [1.165, 1.54) is 11.3 Å². The minimum atomic E-state index is -0.998. The number of thiophene rings is 1. The van der Waals surface area contributed by atoms with Crippen LogP contribution < -0.4 is 4.90 Å². The minimum absolute atomic E-state index is 0.0217. The van der Waals surface area contributed by atoms with Crippen molar-refractivity contribution in [3.63, 3.8) is 0 Å². The Morgan fingerprint density at radius 2 is 1.82 bits per heavy atom. The molecule has 0 aromatic carbocycles. The molecule has 3 rings (SSSR count). The molecule has 2 fully saturated rings. The maximum atomic E-state index is 13.9. The molecule has 1 aromatic heterocycles. The van der Waals surface area contributed by atoms with E-state index in [1.54, 1.807) is 6.08 Å². The zero-order chi connectivity index (χ0) is 24.9. The lowest BCUT2D eigenvalue weighted by atomic mass is 9.81. The van der Waals surface area contributed by atoms with Crippen LogP contribution in [0.3, 0.4) is 0 Å². The number of hydrogen-bond acceptors (Lipinski definition) is 4. The molecule has 0 unspecified atom stereocenters. The summed E-state index contributed by atoms with van der Waals surface area (Å²) < 4.78 is 5.85. The van der Waals surface area contributed by atoms with Crippen molar-refractivity contribution < 1.29 is 19.4 Å². The largest absolute Gasteiger partial charge is 0.477 e. The first-order chi connectivity index (χ1) is 16.1. The monoisotopic (exact) mass is 485 g/mol. The van der Waals surface area contributed by atoms with E-state index in [1.807, 2.05) is 31.7 Å². The summed E-state index contributed by atoms with van der Waals surface area (Å²) in [5.41, 5.74) is 0.334. The molecule has 0 atom stereocenters. The van der Waals surface area contributed by atoms with Gasteiger partial charge in [-0.2, -0.15) is 0 Å². The highest BCUT2D eigenvalue weighted by molar-refractivity contribution is 7.15. The van der Waals surface area contributed by atoms with E-state index in [-0.39, 0.29) is 34.3 Å². The Balaban J connectivity index is 1.94. The van der Waals surface area contributed by atoms with E-state index in [9.17, 15) is 14.7 Å². The van der Waals surface area contributed by atoms with Gasteiger partial charge in [0.2, 0.25) is 5.91 Å². The summed E-state index contributed by atoms with van der Waals surface area (Å²) in [6.07, 6.45) is 9.07. The number of nitrogens with zero attached hydrogens (tertiary/aromatic N) is 1. The summed E-state index contributed by atoms with van der Waals surface area (Å²) in [6, 6.07) is 1.81. The predicted octanol–water partition coefficient (Wildman–Crippen LogP) is 6.52. The van der Waals surface area contributed by atoms with Crippen molar-refractivity contribution in [2.75, 3.05) is 11.5 Å². The standard InChI is InChI=1S/C28H39NO4S/c1-6-17-33-22-13-11-21(12-14-22)29(26(30)20-9-7-19(2)8-10-20)24-18-23(15-16-28(3,4)5)34-25(24)27(31)32/h6,18-22H,1,7-14,17H2,2-5H3,(H,31,32). The SMILES string of the molecule is C=CCOC1CCC(N(C(=O)C2CCC(C)CC2)c2cc(C#CC(C)(C)C)sc2C(=O)O)CC1. The minimum Gasteiger partial charge on any atom is -0.477 e. The molecule has 2 saturated carbocycles. The Bertz CT molecular complexity index is 932. The average Bonchev–Trinajstić information content (AvgIpc) is 3.21. The summed E-state index contributed by atoms with van der Waals surface area (Å²) in [7, 11) is 0. The Kier molecular flexibility index (Phi) is 9.01. The van der Waals surface area contributed by atoms with Gasteiger partial charge in [0.1, 0.15) is 4.88 Å². The third-order valence-electron chi connectivity index (χ3n) is 6.79. The molecule has 0 aliphatic heterocycles. The summed E-state index contributed by atoms with van der Waals surface area (Å²) in [5.74, 6) is 6.03. The van der Waals surface area contributed by atoms with Gasteiger partial charge in [-0.15, -0.1) is 17.9 Å². The fourth-order valence-electron chi connectivity index (χ4n) is 4.90. The van der Waals surface area contributed by atoms with E-state index < -0.39 is 5.97 Å². The van der Waals surface area contributed by atoms with Gasteiger partial charge >= 0.3 is 5.97 Å². The maximum absolute atomic E-state index is 13.9. The third kappa shape index (κ3) is 6.96. The number of rotatable bonds is 7. The Hall–Kier alpha value is -2.10. The molecule has 0 radical (unpaired) electrons. The van der Waals surface area contributed by atoms with Gasteiger partial charge in [0.15, 0.2) is 0 Å². The maximum Gasteiger partial charge on any atom is 0.348 e. The normalized spacial score (nSPS) is 25.2. The van der Waals surface area contributed by atoms with Gasteiger partial charge in [-0.05, 0) is 84.1 Å². The summed E-state index contributed by atoms with van der Waals surface area (Å²) in [6.45, 7) is 12.6. The van der Waals surface area contributed by atoms with Crippen LogP contribution in [0.5, 0.6) is 0 Å². The lowest BCUT2D eigenvalue weighted by Crippen LogP contribution is -2.47. The Labute approximate surface area is 208 Å². The molecule has 6 heteroatoms. The summed E-state index contributed by atoms with van der Waals surface area (Å²) in [5, 5.41) is 10.0. The summed E-state index contributed by atoms with van der Waals surface area (Å²) in [4.78, 5) is 28.9. The molecule has 0 spiro atoms. The van der Waals surface area contributed by atoms with Crippen molar-refractivity contribution >= 4 is 28.9 Å². The van der Waals surface area contributed by atoms with Crippen molar-refractivity contribution in [3.8, 4) is 11.8 Å². The smallest absolute Gasteiger partial charge is 0.348 e. The van der Waals surface area contributed by atoms with Gasteiger partial charge in [-0.1, -0.05) is 24.8 Å². The second kappa shape index (κ2) is 11.6. The van der Waals surface area contributed by atoms with Gasteiger partial charge in [-0.3, -0.25) is 4.79 Å². The zero-order valence-corrected chi connectivity index (χ0v) is 21.9. The van der Waals surface area contributed by atoms with E-state index in [2.05, 4.69) is 25.3 Å². The molecular formula is C28H39NO4S. The van der Waals surface area contributed by atoms with Crippen LogP contribution in [0.4, 0.5) is 5.69 Å². The first kappa shape index (κ1) is 26.5. The van der Waals surface area contributed by atoms with E-state index in [0.717, 1.165) is 51.4 Å². The molecule has 2 aliphatic carbocycles. The highest BCUT2D eigenvalue weighted by Crippen LogP contribution is 2.39. The van der Waals surface area contributed by atoms with Crippen molar-refractivity contribution in [2.24, 2.45) is 17.3 Å². The number of carbonyl (C=O) groups excluding carboxylic acids is 1. The number of ether oxygens (including phenoxy) is 1. The number of carbonyl (C=O) groups is 2. The third-order valence-corrected chi connectivity index (χ3v) is 7.82. The van der Waals surface area contributed by atoms with Crippen LogP contribution in [-0.2, 0) is 9.53 Å². The quantitative estimate of drug-likeness (QED) is 0.353. The van der Waals surface area contributed by atoms with E-state index in [4.69, 9.17) is 4.74 Å². The second-order valence-electron chi connectivity index (χ2n) is 10.8. The molecule has 0 saturated heterocycles. The molecule has 0 bridgehead atoms. The van der Waals surface area contributed by atoms with Crippen LogP contribution in [-0.4, -0.2) is 35.7 Å². The highest BCUT2D eigenvalue weighted by Gasteiger charge is 2.37. The fourth-order valence-corrected chi connectivity index (χ4v) is 5.74. The van der Waals surface area contributed by atoms with Crippen LogP contribution in [0, 0.1) is 29.1 Å². The Morgan fingerprint density at radius 1 is 1.18 bits per heavy atom. The number of amides is 1. The Morgan fingerprint density at radius 3 is 2.38 bits per heavy atom. The molecule has 1 aromatic rings. The van der Waals surface area contributed by atoms with Crippen LogP contribution in [0.15, 0.2) is 18.7 Å². The molecular weight excluding hydrogens is 446 g/mol. The van der Waals surface area contributed by atoms with E-state index in [0.29, 0.717) is 23.1 Å². The molecule has 1 N–H and O–H groups in total. The van der Waals surface area contributed by atoms with E-state index >= 15 is 0 Å². The molecule has 5 nitrogen and oxygen atoms in total. The van der Waals surface area contributed by atoms with Crippen molar-refractivity contribution in [3.05, 3.63) is 28.5 Å². The first-order valence-corrected chi connectivity index (χ1v) is 13.4. The number of carboxylic acid groups (broad SMARTS) is 1. The molecule has 1 amide bonds. The van der Waals surface area contributed by atoms with Crippen LogP contribution >= 0.6 is 11.3 Å². The molecule has 34 heavy (non-hydrogen) atoms. The average molecular weight is 486 g/mol. The van der Waals surface area contributed by atoms with Gasteiger partial charge in [0.25, 0.3) is 0 Å². The lowest BCUT2D eigenvalue weighted by Gasteiger charge is -2.39. The molecule has 1 heterocycles. The fraction of sp³-hybridized carbons (Fsp3) is 0.643. The van der Waals surface area contributed by atoms with Gasteiger partial charge in [-0.25, -0.2) is 4.79 Å². The van der Waals surface area contributed by atoms with Crippen molar-refractivity contribution in [1.29, 1.82) is 0 Å². The first-order valence-electron chi connectivity index (χ1n) is 12.5. The second-order valence-corrected chi connectivity index (χ2v) is 11.9. The topological polar surface area (TPSA) is 66.8 Å². The molecule has 186 valence electrons. The van der Waals surface area contributed by atoms with Crippen molar-refractivity contribution in [1.82, 2.24) is 0 Å². The number of anilines is 1.